The summed E-state index contributed by atoms with van der Waals surface area (Å²) in [6.07, 6.45) is 0. The van der Waals surface area contributed by atoms with Crippen molar-refractivity contribution < 1.29 is 4.39 Å². The maximum Gasteiger partial charge on any atom is 0.143 e. The van der Waals surface area contributed by atoms with Gasteiger partial charge < -0.3 is 5.32 Å². The normalized spacial score (nSPS) is 11.6. The highest BCUT2D eigenvalue weighted by Crippen LogP contribution is 2.28. The summed E-state index contributed by atoms with van der Waals surface area (Å²) in [5.74, 6) is 0.687. The van der Waals surface area contributed by atoms with Crippen LogP contribution in [0.25, 0.3) is 0 Å². The van der Waals surface area contributed by atoms with Crippen molar-refractivity contribution in [1.82, 2.24) is 9.97 Å². The molecule has 1 aromatic heterocycles. The maximum atomic E-state index is 13.5. The smallest absolute Gasteiger partial charge is 0.143 e. The Hall–Kier alpha value is -1.39. The zero-order valence-corrected chi connectivity index (χ0v) is 13.8. The molecule has 0 radical (unpaired) electrons. The molecule has 0 saturated heterocycles. The van der Waals surface area contributed by atoms with Gasteiger partial charge >= 0.3 is 0 Å². The summed E-state index contributed by atoms with van der Waals surface area (Å²) in [5.41, 5.74) is 1.02. The van der Waals surface area contributed by atoms with Crippen LogP contribution in [0.4, 0.5) is 15.9 Å². The predicted molar refractivity (Wildman–Crippen MR) is 85.2 cm³/mol. The summed E-state index contributed by atoms with van der Waals surface area (Å²) < 4.78 is 13.5. The van der Waals surface area contributed by atoms with Crippen LogP contribution in [0.2, 0.25) is 10.2 Å². The molecular weight excluding hydrogens is 312 g/mol. The molecule has 0 saturated carbocycles. The minimum absolute atomic E-state index is 0.0772. The van der Waals surface area contributed by atoms with Crippen LogP contribution in [0.15, 0.2) is 18.2 Å². The quantitative estimate of drug-likeness (QED) is 0.763. The van der Waals surface area contributed by atoms with Crippen molar-refractivity contribution in [2.45, 2.75) is 33.1 Å². The lowest BCUT2D eigenvalue weighted by Crippen LogP contribution is -2.17. The Labute approximate surface area is 133 Å². The minimum Gasteiger partial charge on any atom is -0.340 e. The first-order valence-corrected chi connectivity index (χ1v) is 7.21. The average Bonchev–Trinajstić information content (AvgIpc) is 2.38. The first-order valence-electron chi connectivity index (χ1n) is 6.45. The van der Waals surface area contributed by atoms with Crippen LogP contribution in [0.3, 0.4) is 0 Å². The molecule has 0 aliphatic rings. The van der Waals surface area contributed by atoms with Gasteiger partial charge in [-0.15, -0.1) is 0 Å². The standard InChI is InChI=1S/C15H16Cl2FN3/c1-8-12(17)20-14(15(2,3)4)21-13(8)19-9-5-6-10(16)11(18)7-9/h5-7H,1-4H3,(H,19,20,21). The van der Waals surface area contributed by atoms with Crippen molar-refractivity contribution >= 4 is 34.7 Å². The van der Waals surface area contributed by atoms with Crippen LogP contribution in [-0.4, -0.2) is 9.97 Å². The molecule has 3 nitrogen and oxygen atoms in total. The summed E-state index contributed by atoms with van der Waals surface area (Å²) in [4.78, 5) is 8.79. The number of hydrogen-bond acceptors (Lipinski definition) is 3. The van der Waals surface area contributed by atoms with Gasteiger partial charge in [-0.25, -0.2) is 14.4 Å². The summed E-state index contributed by atoms with van der Waals surface area (Å²) in [7, 11) is 0. The molecule has 0 unspecified atom stereocenters. The monoisotopic (exact) mass is 327 g/mol. The summed E-state index contributed by atoms with van der Waals surface area (Å²) in [5, 5.41) is 3.52. The van der Waals surface area contributed by atoms with E-state index in [1.165, 1.54) is 12.1 Å². The van der Waals surface area contributed by atoms with Crippen molar-refractivity contribution in [3.63, 3.8) is 0 Å². The number of aromatic nitrogens is 2. The molecule has 0 bridgehead atoms. The number of benzene rings is 1. The van der Waals surface area contributed by atoms with Crippen LogP contribution in [-0.2, 0) is 5.41 Å². The summed E-state index contributed by atoms with van der Waals surface area (Å²) >= 11 is 11.8. The highest BCUT2D eigenvalue weighted by atomic mass is 35.5. The molecule has 2 aromatic rings. The number of nitrogens with zero attached hydrogens (tertiary/aromatic N) is 2. The Morgan fingerprint density at radius 2 is 1.81 bits per heavy atom. The third-order valence-electron chi connectivity index (χ3n) is 2.94. The van der Waals surface area contributed by atoms with Gasteiger partial charge in [-0.2, -0.15) is 0 Å². The molecule has 6 heteroatoms. The second-order valence-corrected chi connectivity index (χ2v) is 6.58. The largest absolute Gasteiger partial charge is 0.340 e. The molecule has 0 amide bonds. The Balaban J connectivity index is 2.43. The molecule has 0 fully saturated rings. The van der Waals surface area contributed by atoms with E-state index in [0.29, 0.717) is 28.0 Å². The first kappa shape index (κ1) is 16.0. The fraction of sp³-hybridized carbons (Fsp3) is 0.333. The zero-order valence-electron chi connectivity index (χ0n) is 12.3. The van der Waals surface area contributed by atoms with Gasteiger partial charge in [-0.1, -0.05) is 44.0 Å². The molecule has 0 atom stereocenters. The van der Waals surface area contributed by atoms with Crippen LogP contribution in [0.1, 0.15) is 32.2 Å². The molecule has 112 valence electrons. The fourth-order valence-corrected chi connectivity index (χ4v) is 1.94. The molecule has 0 aliphatic heterocycles. The van der Waals surface area contributed by atoms with Gasteiger partial charge in [0, 0.05) is 16.7 Å². The lowest BCUT2D eigenvalue weighted by atomic mass is 9.95. The topological polar surface area (TPSA) is 37.8 Å². The highest BCUT2D eigenvalue weighted by Gasteiger charge is 2.20. The molecule has 1 aromatic carbocycles. The lowest BCUT2D eigenvalue weighted by Gasteiger charge is -2.19. The van der Waals surface area contributed by atoms with Crippen molar-refractivity contribution in [2.75, 3.05) is 5.32 Å². The summed E-state index contributed by atoms with van der Waals surface area (Å²) in [6, 6.07) is 4.48. The van der Waals surface area contributed by atoms with Gasteiger partial charge in [-0.05, 0) is 25.1 Å². The van der Waals surface area contributed by atoms with E-state index in [-0.39, 0.29) is 10.4 Å². The fourth-order valence-electron chi connectivity index (χ4n) is 1.66. The van der Waals surface area contributed by atoms with Crippen LogP contribution >= 0.6 is 23.2 Å². The lowest BCUT2D eigenvalue weighted by molar-refractivity contribution is 0.545. The van der Waals surface area contributed by atoms with E-state index in [4.69, 9.17) is 23.2 Å². The van der Waals surface area contributed by atoms with Gasteiger partial charge in [0.2, 0.25) is 0 Å². The third-order valence-corrected chi connectivity index (χ3v) is 3.61. The average molecular weight is 328 g/mol. The van der Waals surface area contributed by atoms with Gasteiger partial charge in [0.15, 0.2) is 0 Å². The molecule has 1 heterocycles. The van der Waals surface area contributed by atoms with Crippen molar-refractivity contribution in [3.8, 4) is 0 Å². The summed E-state index contributed by atoms with van der Waals surface area (Å²) in [6.45, 7) is 7.81. The highest BCUT2D eigenvalue weighted by molar-refractivity contribution is 6.31. The number of halogens is 3. The molecular formula is C15H16Cl2FN3. The van der Waals surface area contributed by atoms with E-state index in [1.807, 2.05) is 27.7 Å². The first-order chi connectivity index (χ1) is 9.68. The SMILES string of the molecule is Cc1c(Cl)nc(C(C)(C)C)nc1Nc1ccc(Cl)c(F)c1. The van der Waals surface area contributed by atoms with E-state index in [2.05, 4.69) is 15.3 Å². The Kier molecular flexibility index (Phi) is 4.40. The second kappa shape index (κ2) is 5.78. The van der Waals surface area contributed by atoms with Crippen molar-refractivity contribution in [3.05, 3.63) is 45.6 Å². The van der Waals surface area contributed by atoms with Gasteiger partial charge in [-0.3, -0.25) is 0 Å². The van der Waals surface area contributed by atoms with Crippen LogP contribution in [0.5, 0.6) is 0 Å². The Morgan fingerprint density at radius 1 is 1.14 bits per heavy atom. The van der Waals surface area contributed by atoms with E-state index >= 15 is 0 Å². The maximum absolute atomic E-state index is 13.5. The van der Waals surface area contributed by atoms with E-state index < -0.39 is 5.82 Å². The Morgan fingerprint density at radius 3 is 2.38 bits per heavy atom. The van der Waals surface area contributed by atoms with Gasteiger partial charge in [0.05, 0.1) is 5.02 Å². The van der Waals surface area contributed by atoms with Crippen LogP contribution < -0.4 is 5.32 Å². The minimum atomic E-state index is -0.490. The van der Waals surface area contributed by atoms with Crippen molar-refractivity contribution in [1.29, 1.82) is 0 Å². The van der Waals surface area contributed by atoms with E-state index in [0.717, 1.165) is 0 Å². The number of rotatable bonds is 2. The third kappa shape index (κ3) is 3.63. The zero-order chi connectivity index (χ0) is 15.8. The molecule has 0 spiro atoms. The molecule has 1 N–H and O–H groups in total. The van der Waals surface area contributed by atoms with E-state index in [1.54, 1.807) is 6.07 Å². The number of hydrogen-bond donors (Lipinski definition) is 1. The van der Waals surface area contributed by atoms with E-state index in [9.17, 15) is 4.39 Å². The van der Waals surface area contributed by atoms with Gasteiger partial charge in [0.1, 0.15) is 22.6 Å². The molecule has 2 rings (SSSR count). The van der Waals surface area contributed by atoms with Crippen LogP contribution in [0, 0.1) is 12.7 Å². The van der Waals surface area contributed by atoms with Gasteiger partial charge in [0.25, 0.3) is 0 Å². The number of nitrogens with one attached hydrogen (secondary N) is 1. The molecule has 0 aliphatic carbocycles. The Bertz CT molecular complexity index is 681. The predicted octanol–water partition coefficient (Wildman–Crippen LogP) is 5.27. The second-order valence-electron chi connectivity index (χ2n) is 5.82. The number of anilines is 2. The molecule has 21 heavy (non-hydrogen) atoms. The van der Waals surface area contributed by atoms with Crippen molar-refractivity contribution in [2.24, 2.45) is 0 Å².